The molecule has 0 aliphatic rings. The van der Waals surface area contributed by atoms with Crippen LogP contribution >= 0.6 is 0 Å². The maximum Gasteiger partial charge on any atom is 0.315 e. The Morgan fingerprint density at radius 2 is 2.19 bits per heavy atom. The molecule has 0 unspecified atom stereocenters. The van der Waals surface area contributed by atoms with Gasteiger partial charge < -0.3 is 19.8 Å². The summed E-state index contributed by atoms with van der Waals surface area (Å²) in [6.07, 6.45) is 0.682. The molecular weight excluding hydrogens is 275 g/mol. The molecule has 0 saturated heterocycles. The summed E-state index contributed by atoms with van der Waals surface area (Å²) in [5.41, 5.74) is 0.920. The molecule has 0 saturated carbocycles. The molecule has 0 aliphatic carbocycles. The monoisotopic (exact) mass is 294 g/mol. The number of ether oxygens (including phenoxy) is 1. The van der Waals surface area contributed by atoms with E-state index in [4.69, 9.17) is 9.15 Å². The summed E-state index contributed by atoms with van der Waals surface area (Å²) in [6, 6.07) is 6.89. The van der Waals surface area contributed by atoms with Gasteiger partial charge in [0.2, 0.25) is 5.89 Å². The lowest BCUT2D eigenvalue weighted by atomic mass is 10.1. The van der Waals surface area contributed by atoms with Gasteiger partial charge in [-0.1, -0.05) is 17.2 Å². The Bertz CT molecular complexity index is 547. The average molecular weight is 294 g/mol. The van der Waals surface area contributed by atoms with Crippen molar-refractivity contribution in [2.24, 2.45) is 0 Å². The first-order valence-electron chi connectivity index (χ1n) is 6.78. The lowest BCUT2D eigenvalue weighted by Gasteiger charge is -2.02. The van der Waals surface area contributed by atoms with Crippen molar-refractivity contribution in [1.29, 1.82) is 0 Å². The molecule has 7 heteroatoms. The van der Waals surface area contributed by atoms with Gasteiger partial charge in [-0.05, 0) is 24.1 Å². The van der Waals surface area contributed by atoms with Crippen LogP contribution in [0.2, 0.25) is 0 Å². The third-order valence-corrected chi connectivity index (χ3v) is 2.80. The van der Waals surface area contributed by atoms with Crippen molar-refractivity contribution >= 4 is 6.01 Å². The Kier molecular flexibility index (Phi) is 6.11. The second kappa shape index (κ2) is 8.33. The van der Waals surface area contributed by atoms with Crippen molar-refractivity contribution < 1.29 is 13.5 Å². The predicted octanol–water partition coefficient (Wildman–Crippen LogP) is 1.60. The summed E-state index contributed by atoms with van der Waals surface area (Å²) < 4.78 is 23.4. The molecule has 0 fully saturated rings. The molecule has 2 rings (SSSR count). The van der Waals surface area contributed by atoms with Crippen molar-refractivity contribution in [3.05, 3.63) is 41.5 Å². The highest BCUT2D eigenvalue weighted by atomic mass is 19.1. The number of anilines is 1. The highest BCUT2D eigenvalue weighted by Crippen LogP contribution is 2.07. The van der Waals surface area contributed by atoms with E-state index in [0.717, 1.165) is 12.1 Å². The van der Waals surface area contributed by atoms with Gasteiger partial charge in [-0.25, -0.2) is 4.39 Å². The second-order valence-electron chi connectivity index (χ2n) is 4.48. The van der Waals surface area contributed by atoms with Gasteiger partial charge in [-0.2, -0.15) is 0 Å². The molecule has 1 heterocycles. The largest absolute Gasteiger partial charge is 0.407 e. The number of nitrogens with zero attached hydrogens (tertiary/aromatic N) is 2. The summed E-state index contributed by atoms with van der Waals surface area (Å²) in [7, 11) is 1.65. The average Bonchev–Trinajstić information content (AvgIpc) is 2.92. The molecule has 0 aliphatic heterocycles. The van der Waals surface area contributed by atoms with Crippen LogP contribution in [0.5, 0.6) is 0 Å². The van der Waals surface area contributed by atoms with Crippen molar-refractivity contribution in [2.75, 3.05) is 32.1 Å². The molecule has 2 N–H and O–H groups in total. The Morgan fingerprint density at radius 3 is 3.00 bits per heavy atom. The molecule has 0 bridgehead atoms. The van der Waals surface area contributed by atoms with Gasteiger partial charge in [0, 0.05) is 20.2 Å². The first kappa shape index (κ1) is 15.4. The minimum absolute atomic E-state index is 0.227. The third-order valence-electron chi connectivity index (χ3n) is 2.80. The van der Waals surface area contributed by atoms with Crippen LogP contribution in [0.1, 0.15) is 11.5 Å². The Labute approximate surface area is 122 Å². The molecule has 0 spiro atoms. The van der Waals surface area contributed by atoms with Gasteiger partial charge in [0.1, 0.15) is 5.82 Å². The highest BCUT2D eigenvalue weighted by Gasteiger charge is 2.05. The number of benzene rings is 1. The zero-order valence-corrected chi connectivity index (χ0v) is 11.9. The van der Waals surface area contributed by atoms with Crippen molar-refractivity contribution in [2.45, 2.75) is 13.0 Å². The van der Waals surface area contributed by atoms with Crippen LogP contribution in [0.25, 0.3) is 0 Å². The number of halogens is 1. The minimum Gasteiger partial charge on any atom is -0.407 e. The third kappa shape index (κ3) is 5.49. The van der Waals surface area contributed by atoms with Gasteiger partial charge >= 0.3 is 6.01 Å². The smallest absolute Gasteiger partial charge is 0.315 e. The van der Waals surface area contributed by atoms with E-state index in [1.165, 1.54) is 12.1 Å². The molecule has 1 aromatic carbocycles. The molecule has 2 aromatic rings. The molecule has 21 heavy (non-hydrogen) atoms. The quantitative estimate of drug-likeness (QED) is 0.684. The fourth-order valence-electron chi connectivity index (χ4n) is 1.77. The summed E-state index contributed by atoms with van der Waals surface area (Å²) in [5, 5.41) is 13.9. The zero-order valence-electron chi connectivity index (χ0n) is 11.9. The van der Waals surface area contributed by atoms with Gasteiger partial charge in [-0.3, -0.25) is 0 Å². The minimum atomic E-state index is -0.227. The second-order valence-corrected chi connectivity index (χ2v) is 4.48. The Balaban J connectivity index is 1.70. The van der Waals surface area contributed by atoms with Crippen LogP contribution < -0.4 is 10.6 Å². The van der Waals surface area contributed by atoms with Gasteiger partial charge in [0.25, 0.3) is 0 Å². The molecular formula is C14H19FN4O2. The summed E-state index contributed by atoms with van der Waals surface area (Å²) in [5.74, 6) is 0.286. The van der Waals surface area contributed by atoms with Crippen molar-refractivity contribution in [1.82, 2.24) is 15.5 Å². The lowest BCUT2D eigenvalue weighted by Crippen LogP contribution is -2.18. The van der Waals surface area contributed by atoms with Crippen molar-refractivity contribution in [3.8, 4) is 0 Å². The summed E-state index contributed by atoms with van der Waals surface area (Å²) in [6.45, 7) is 2.46. The number of hydrogen-bond donors (Lipinski definition) is 2. The van der Waals surface area contributed by atoms with Gasteiger partial charge in [-0.15, -0.1) is 5.10 Å². The van der Waals surface area contributed by atoms with E-state index in [-0.39, 0.29) is 5.82 Å². The number of rotatable bonds is 9. The van der Waals surface area contributed by atoms with Crippen molar-refractivity contribution in [3.63, 3.8) is 0 Å². The molecule has 1 aromatic heterocycles. The fourth-order valence-corrected chi connectivity index (χ4v) is 1.77. The lowest BCUT2D eigenvalue weighted by molar-refractivity contribution is 0.198. The number of nitrogens with one attached hydrogen (secondary N) is 2. The summed E-state index contributed by atoms with van der Waals surface area (Å²) in [4.78, 5) is 0. The summed E-state index contributed by atoms with van der Waals surface area (Å²) >= 11 is 0. The SMILES string of the molecule is COCCNCc1nnc(NCCc2cccc(F)c2)o1. The van der Waals surface area contributed by atoms with Crippen LogP contribution in [-0.2, 0) is 17.7 Å². The van der Waals surface area contributed by atoms with E-state index in [0.29, 0.717) is 38.0 Å². The topological polar surface area (TPSA) is 72.2 Å². The van der Waals surface area contributed by atoms with Crippen LogP contribution in [0.15, 0.2) is 28.7 Å². The molecule has 114 valence electrons. The van der Waals surface area contributed by atoms with E-state index in [1.807, 2.05) is 6.07 Å². The van der Waals surface area contributed by atoms with Gasteiger partial charge in [0.15, 0.2) is 0 Å². The number of methoxy groups -OCH3 is 1. The Morgan fingerprint density at radius 1 is 1.29 bits per heavy atom. The van der Waals surface area contributed by atoms with E-state index in [9.17, 15) is 4.39 Å². The standard InChI is InChI=1S/C14H19FN4O2/c1-20-8-7-16-10-13-18-19-14(21-13)17-6-5-11-3-2-4-12(15)9-11/h2-4,9,16H,5-8,10H2,1H3,(H,17,19). The van der Waals surface area contributed by atoms with E-state index < -0.39 is 0 Å². The highest BCUT2D eigenvalue weighted by molar-refractivity contribution is 5.21. The first-order chi connectivity index (χ1) is 10.3. The first-order valence-corrected chi connectivity index (χ1v) is 6.78. The van der Waals surface area contributed by atoms with E-state index in [1.54, 1.807) is 13.2 Å². The zero-order chi connectivity index (χ0) is 14.9. The van der Waals surface area contributed by atoms with Crippen LogP contribution in [0, 0.1) is 5.82 Å². The fraction of sp³-hybridized carbons (Fsp3) is 0.429. The maximum atomic E-state index is 13.0. The van der Waals surface area contributed by atoms with Crippen LogP contribution in [0.3, 0.4) is 0 Å². The molecule has 0 atom stereocenters. The normalized spacial score (nSPS) is 10.8. The number of aromatic nitrogens is 2. The van der Waals surface area contributed by atoms with Crippen LogP contribution in [-0.4, -0.2) is 37.0 Å². The molecule has 6 nitrogen and oxygen atoms in total. The van der Waals surface area contributed by atoms with Gasteiger partial charge in [0.05, 0.1) is 13.2 Å². The Hall–Kier alpha value is -1.99. The van der Waals surface area contributed by atoms with E-state index in [2.05, 4.69) is 20.8 Å². The molecule has 0 radical (unpaired) electrons. The van der Waals surface area contributed by atoms with E-state index >= 15 is 0 Å². The molecule has 0 amide bonds. The number of hydrogen-bond acceptors (Lipinski definition) is 6. The van der Waals surface area contributed by atoms with Crippen LogP contribution in [0.4, 0.5) is 10.4 Å². The predicted molar refractivity (Wildman–Crippen MR) is 76.5 cm³/mol. The maximum absolute atomic E-state index is 13.0.